The summed E-state index contributed by atoms with van der Waals surface area (Å²) < 4.78 is 48.3. The molecule has 0 saturated carbocycles. The van der Waals surface area contributed by atoms with Crippen LogP contribution in [0.1, 0.15) is 11.1 Å². The first-order chi connectivity index (χ1) is 6.88. The number of rotatable bonds is 3. The Balaban J connectivity index is 2.48. The first kappa shape index (κ1) is 12.0. The fraction of sp³-hybridized carbons (Fsp3) is 0.400. The van der Waals surface area contributed by atoms with Crippen LogP contribution in [0.5, 0.6) is 0 Å². The smallest absolute Gasteiger partial charge is 0.305 e. The van der Waals surface area contributed by atoms with E-state index in [0.717, 1.165) is 0 Å². The van der Waals surface area contributed by atoms with E-state index in [4.69, 9.17) is 0 Å². The molecular weight excluding hydrogens is 210 g/mol. The van der Waals surface area contributed by atoms with Crippen LogP contribution in [0.4, 0.5) is 17.6 Å². The van der Waals surface area contributed by atoms with E-state index < -0.39 is 18.5 Å². The van der Waals surface area contributed by atoms with Crippen LogP contribution < -0.4 is 5.32 Å². The van der Waals surface area contributed by atoms with Gasteiger partial charge in [0.15, 0.2) is 0 Å². The predicted octanol–water partition coefficient (Wildman–Crippen LogP) is 2.79. The van der Waals surface area contributed by atoms with Gasteiger partial charge in [0, 0.05) is 6.54 Å². The molecule has 0 heterocycles. The first-order valence-electron chi connectivity index (χ1n) is 4.41. The zero-order chi connectivity index (χ0) is 11.5. The Morgan fingerprint density at radius 2 is 1.93 bits per heavy atom. The summed E-state index contributed by atoms with van der Waals surface area (Å²) in [4.78, 5) is 0. The number of nitrogens with one attached hydrogen (secondary N) is 1. The average Bonchev–Trinajstić information content (AvgIpc) is 2.09. The molecule has 84 valence electrons. The molecule has 0 aliphatic rings. The summed E-state index contributed by atoms with van der Waals surface area (Å²) in [6, 6.07) is 4.38. The van der Waals surface area contributed by atoms with Crippen LogP contribution in [-0.4, -0.2) is 12.7 Å². The normalized spacial score (nSPS) is 11.8. The Hall–Kier alpha value is -1.10. The van der Waals surface area contributed by atoms with Gasteiger partial charge >= 0.3 is 6.18 Å². The number of halogens is 4. The SMILES string of the molecule is Cc1ccc(CNCC(F)(F)F)cc1F. The van der Waals surface area contributed by atoms with Crippen molar-refractivity contribution >= 4 is 0 Å². The van der Waals surface area contributed by atoms with Gasteiger partial charge in [0.2, 0.25) is 0 Å². The van der Waals surface area contributed by atoms with Crippen molar-refractivity contribution < 1.29 is 17.6 Å². The maximum absolute atomic E-state index is 13.0. The van der Waals surface area contributed by atoms with E-state index in [1.807, 2.05) is 0 Å². The third kappa shape index (κ3) is 4.29. The molecule has 1 nitrogen and oxygen atoms in total. The molecular formula is C10H11F4N. The molecule has 0 atom stereocenters. The molecule has 0 spiro atoms. The lowest BCUT2D eigenvalue weighted by molar-refractivity contribution is -0.125. The molecule has 0 fully saturated rings. The Morgan fingerprint density at radius 3 is 2.47 bits per heavy atom. The van der Waals surface area contributed by atoms with Gasteiger partial charge in [0.1, 0.15) is 5.82 Å². The highest BCUT2D eigenvalue weighted by Crippen LogP contribution is 2.13. The Bertz CT molecular complexity index is 333. The fourth-order valence-corrected chi connectivity index (χ4v) is 1.09. The van der Waals surface area contributed by atoms with Gasteiger partial charge in [-0.2, -0.15) is 13.2 Å². The quantitative estimate of drug-likeness (QED) is 0.774. The molecule has 0 amide bonds. The lowest BCUT2D eigenvalue weighted by Gasteiger charge is -2.08. The second-order valence-electron chi connectivity index (χ2n) is 3.30. The number of hydrogen-bond acceptors (Lipinski definition) is 1. The molecule has 0 aliphatic carbocycles. The molecule has 0 radical (unpaired) electrons. The van der Waals surface area contributed by atoms with Crippen molar-refractivity contribution in [2.45, 2.75) is 19.6 Å². The number of aryl methyl sites for hydroxylation is 1. The molecule has 1 rings (SSSR count). The predicted molar refractivity (Wildman–Crippen MR) is 48.9 cm³/mol. The number of benzene rings is 1. The van der Waals surface area contributed by atoms with Crippen LogP contribution in [0.2, 0.25) is 0 Å². The van der Waals surface area contributed by atoms with Crippen LogP contribution in [0, 0.1) is 12.7 Å². The van der Waals surface area contributed by atoms with Crippen LogP contribution in [0.25, 0.3) is 0 Å². The molecule has 1 aromatic rings. The van der Waals surface area contributed by atoms with E-state index in [-0.39, 0.29) is 6.54 Å². The van der Waals surface area contributed by atoms with E-state index in [2.05, 4.69) is 5.32 Å². The van der Waals surface area contributed by atoms with Crippen LogP contribution in [0.15, 0.2) is 18.2 Å². The van der Waals surface area contributed by atoms with Gasteiger partial charge in [0.25, 0.3) is 0 Å². The minimum absolute atomic E-state index is 0.0106. The second-order valence-corrected chi connectivity index (χ2v) is 3.30. The topological polar surface area (TPSA) is 12.0 Å². The van der Waals surface area contributed by atoms with Gasteiger partial charge < -0.3 is 5.32 Å². The van der Waals surface area contributed by atoms with Crippen molar-refractivity contribution in [1.29, 1.82) is 0 Å². The standard InChI is InChI=1S/C10H11F4N/c1-7-2-3-8(4-9(7)11)5-15-6-10(12,13)14/h2-4,15H,5-6H2,1H3. The third-order valence-corrected chi connectivity index (χ3v) is 1.89. The molecule has 1 aromatic carbocycles. The summed E-state index contributed by atoms with van der Waals surface area (Å²) >= 11 is 0. The summed E-state index contributed by atoms with van der Waals surface area (Å²) in [6.07, 6.45) is -4.23. The lowest BCUT2D eigenvalue weighted by atomic mass is 10.1. The van der Waals surface area contributed by atoms with E-state index in [9.17, 15) is 17.6 Å². The second kappa shape index (κ2) is 4.61. The van der Waals surface area contributed by atoms with Crippen molar-refractivity contribution in [2.24, 2.45) is 0 Å². The maximum atomic E-state index is 13.0. The Kier molecular flexibility index (Phi) is 3.68. The summed E-state index contributed by atoms with van der Waals surface area (Å²) in [5, 5.41) is 2.20. The first-order valence-corrected chi connectivity index (χ1v) is 4.41. The fourth-order valence-electron chi connectivity index (χ4n) is 1.09. The molecule has 0 aromatic heterocycles. The van der Waals surface area contributed by atoms with Gasteiger partial charge in [-0.15, -0.1) is 0 Å². The van der Waals surface area contributed by atoms with E-state index >= 15 is 0 Å². The number of alkyl halides is 3. The molecule has 0 unspecified atom stereocenters. The highest BCUT2D eigenvalue weighted by Gasteiger charge is 2.25. The number of hydrogen-bond donors (Lipinski definition) is 1. The van der Waals surface area contributed by atoms with Crippen molar-refractivity contribution in [1.82, 2.24) is 5.32 Å². The summed E-state index contributed by atoms with van der Waals surface area (Å²) in [6.45, 7) is 0.543. The Morgan fingerprint density at radius 1 is 1.27 bits per heavy atom. The summed E-state index contributed by atoms with van der Waals surface area (Å²) in [5.74, 6) is -0.402. The zero-order valence-corrected chi connectivity index (χ0v) is 8.16. The summed E-state index contributed by atoms with van der Waals surface area (Å²) in [5.41, 5.74) is 0.983. The minimum Gasteiger partial charge on any atom is -0.305 e. The van der Waals surface area contributed by atoms with Crippen molar-refractivity contribution in [3.63, 3.8) is 0 Å². The minimum atomic E-state index is -4.23. The van der Waals surface area contributed by atoms with E-state index in [1.54, 1.807) is 19.1 Å². The molecule has 15 heavy (non-hydrogen) atoms. The van der Waals surface area contributed by atoms with Crippen LogP contribution in [-0.2, 0) is 6.54 Å². The van der Waals surface area contributed by atoms with Gasteiger partial charge in [-0.3, -0.25) is 0 Å². The monoisotopic (exact) mass is 221 g/mol. The van der Waals surface area contributed by atoms with Crippen molar-refractivity contribution in [3.05, 3.63) is 35.1 Å². The van der Waals surface area contributed by atoms with Crippen LogP contribution >= 0.6 is 0 Å². The van der Waals surface area contributed by atoms with Gasteiger partial charge in [-0.1, -0.05) is 12.1 Å². The average molecular weight is 221 g/mol. The maximum Gasteiger partial charge on any atom is 0.401 e. The van der Waals surface area contributed by atoms with Crippen molar-refractivity contribution in [3.8, 4) is 0 Å². The van der Waals surface area contributed by atoms with Gasteiger partial charge in [-0.05, 0) is 24.1 Å². The van der Waals surface area contributed by atoms with Crippen molar-refractivity contribution in [2.75, 3.05) is 6.54 Å². The van der Waals surface area contributed by atoms with Gasteiger partial charge in [-0.25, -0.2) is 4.39 Å². The molecule has 0 aliphatic heterocycles. The largest absolute Gasteiger partial charge is 0.401 e. The molecule has 0 saturated heterocycles. The lowest BCUT2D eigenvalue weighted by Crippen LogP contribution is -2.28. The highest BCUT2D eigenvalue weighted by atomic mass is 19.4. The van der Waals surface area contributed by atoms with Gasteiger partial charge in [0.05, 0.1) is 6.54 Å². The van der Waals surface area contributed by atoms with E-state index in [1.165, 1.54) is 6.07 Å². The summed E-state index contributed by atoms with van der Waals surface area (Å²) in [7, 11) is 0. The molecule has 5 heteroatoms. The zero-order valence-electron chi connectivity index (χ0n) is 8.16. The Labute approximate surface area is 85.1 Å². The highest BCUT2D eigenvalue weighted by molar-refractivity contribution is 5.23. The van der Waals surface area contributed by atoms with Crippen LogP contribution in [0.3, 0.4) is 0 Å². The third-order valence-electron chi connectivity index (χ3n) is 1.89. The molecule has 0 bridgehead atoms. The van der Waals surface area contributed by atoms with E-state index in [0.29, 0.717) is 11.1 Å². The molecule has 1 N–H and O–H groups in total.